The van der Waals surface area contributed by atoms with Crippen LogP contribution in [0.3, 0.4) is 0 Å². The number of nitrogens with one attached hydrogen (secondary N) is 1. The van der Waals surface area contributed by atoms with E-state index in [2.05, 4.69) is 5.32 Å². The average molecular weight is 447 g/mol. The molecule has 3 heterocycles. The third-order valence-corrected chi connectivity index (χ3v) is 7.17. The van der Waals surface area contributed by atoms with Gasteiger partial charge in [-0.25, -0.2) is 4.79 Å². The summed E-state index contributed by atoms with van der Waals surface area (Å²) in [4.78, 5) is 39.9. The zero-order chi connectivity index (χ0) is 22.2. The fraction of sp³-hybridized carbons (Fsp3) is 0.500. The van der Waals surface area contributed by atoms with Crippen LogP contribution in [0.2, 0.25) is 0 Å². The second kappa shape index (κ2) is 8.64. The number of rotatable bonds is 6. The van der Waals surface area contributed by atoms with Crippen molar-refractivity contribution in [1.82, 2.24) is 10.2 Å². The zero-order valence-corrected chi connectivity index (χ0v) is 18.3. The van der Waals surface area contributed by atoms with Gasteiger partial charge in [0, 0.05) is 18.1 Å². The Balaban J connectivity index is 1.48. The van der Waals surface area contributed by atoms with Crippen molar-refractivity contribution in [2.75, 3.05) is 12.4 Å². The van der Waals surface area contributed by atoms with Gasteiger partial charge in [-0.05, 0) is 25.5 Å². The number of aliphatic hydroxyl groups is 1. The highest BCUT2D eigenvalue weighted by atomic mass is 32.2. The number of ether oxygens (including phenoxy) is 2. The number of amides is 2. The molecule has 5 atom stereocenters. The van der Waals surface area contributed by atoms with E-state index in [0.29, 0.717) is 5.75 Å². The Labute approximate surface area is 185 Å². The van der Waals surface area contributed by atoms with Gasteiger partial charge in [0.25, 0.3) is 5.91 Å². The molecule has 3 aliphatic rings. The van der Waals surface area contributed by atoms with Gasteiger partial charge in [-0.15, -0.1) is 11.8 Å². The lowest BCUT2D eigenvalue weighted by Gasteiger charge is -2.57. The fourth-order valence-corrected chi connectivity index (χ4v) is 5.81. The first-order chi connectivity index (χ1) is 14.8. The number of benzene rings is 1. The van der Waals surface area contributed by atoms with Gasteiger partial charge >= 0.3 is 5.97 Å². The summed E-state index contributed by atoms with van der Waals surface area (Å²) in [5.41, 5.74) is 0.192. The number of esters is 1. The van der Waals surface area contributed by atoms with Crippen LogP contribution in [0.1, 0.15) is 25.8 Å². The second-order valence-electron chi connectivity index (χ2n) is 8.22. The number of thioether (sulfide) groups is 1. The van der Waals surface area contributed by atoms with Crippen LogP contribution in [0, 0.1) is 5.92 Å². The van der Waals surface area contributed by atoms with Crippen LogP contribution in [0.5, 0.6) is 0 Å². The normalized spacial score (nSPS) is 31.2. The molecular formula is C22H26N2O6S. The first-order valence-electron chi connectivity index (χ1n) is 10.3. The minimum Gasteiger partial charge on any atom is -0.458 e. The van der Waals surface area contributed by atoms with Crippen LogP contribution in [0.15, 0.2) is 42.0 Å². The van der Waals surface area contributed by atoms with Crippen molar-refractivity contribution >= 4 is 29.5 Å². The Hall–Kier alpha value is -2.36. The van der Waals surface area contributed by atoms with Crippen LogP contribution in [-0.4, -0.2) is 63.6 Å². The van der Waals surface area contributed by atoms with Crippen LogP contribution >= 0.6 is 11.8 Å². The van der Waals surface area contributed by atoms with Gasteiger partial charge in [0.1, 0.15) is 18.0 Å². The summed E-state index contributed by atoms with van der Waals surface area (Å²) in [6, 6.07) is 8.52. The lowest BCUT2D eigenvalue weighted by molar-refractivity contribution is -0.242. The first-order valence-corrected chi connectivity index (χ1v) is 11.3. The maximum absolute atomic E-state index is 13.1. The van der Waals surface area contributed by atoms with E-state index < -0.39 is 35.3 Å². The van der Waals surface area contributed by atoms with Crippen molar-refractivity contribution in [2.45, 2.75) is 50.1 Å². The molecule has 31 heavy (non-hydrogen) atoms. The van der Waals surface area contributed by atoms with Crippen molar-refractivity contribution < 1.29 is 29.0 Å². The van der Waals surface area contributed by atoms with Gasteiger partial charge in [-0.1, -0.05) is 35.9 Å². The highest BCUT2D eigenvalue weighted by molar-refractivity contribution is 8.00. The lowest BCUT2D eigenvalue weighted by atomic mass is 9.89. The Morgan fingerprint density at radius 2 is 2.10 bits per heavy atom. The van der Waals surface area contributed by atoms with Crippen molar-refractivity contribution in [2.24, 2.45) is 5.92 Å². The predicted octanol–water partition coefficient (Wildman–Crippen LogP) is 1.19. The molecule has 1 unspecified atom stereocenters. The number of nitrogens with zero attached hydrogens (tertiary/aromatic N) is 1. The molecule has 1 aromatic carbocycles. The summed E-state index contributed by atoms with van der Waals surface area (Å²) in [5.74, 6) is -1.22. The molecule has 0 radical (unpaired) electrons. The standard InChI is InChI=1S/C22H26N2O6S/c1-13(2)8-9-29-21(28)22-15(11-17(26)30-22)12-31-20-18(19(27)24(20)22)23-16(25)10-14-6-4-3-5-7-14/h3-8,15,17-18,20,26H,9-12H2,1-2H3,(H,23,25)/t15-,17?,18+,20+,22+/m0/s1. The number of hydrogen-bond acceptors (Lipinski definition) is 7. The van der Waals surface area contributed by atoms with E-state index in [0.717, 1.165) is 11.1 Å². The molecule has 0 saturated carbocycles. The summed E-state index contributed by atoms with van der Waals surface area (Å²) in [5, 5.41) is 12.5. The monoisotopic (exact) mass is 446 g/mol. The Bertz CT molecular complexity index is 903. The van der Waals surface area contributed by atoms with Gasteiger partial charge in [0.05, 0.1) is 6.42 Å². The lowest BCUT2D eigenvalue weighted by Crippen LogP contribution is -2.80. The molecule has 4 rings (SSSR count). The number of carbonyl (C=O) groups excluding carboxylic acids is 3. The van der Waals surface area contributed by atoms with Crippen LogP contribution in [0.25, 0.3) is 0 Å². The second-order valence-corrected chi connectivity index (χ2v) is 9.37. The maximum Gasteiger partial charge on any atom is 0.360 e. The molecule has 3 aliphatic heterocycles. The third kappa shape index (κ3) is 3.97. The van der Waals surface area contributed by atoms with E-state index in [-0.39, 0.29) is 31.3 Å². The van der Waals surface area contributed by atoms with Gasteiger partial charge < -0.3 is 19.9 Å². The molecule has 3 fully saturated rings. The van der Waals surface area contributed by atoms with E-state index in [9.17, 15) is 19.5 Å². The summed E-state index contributed by atoms with van der Waals surface area (Å²) >= 11 is 1.48. The zero-order valence-electron chi connectivity index (χ0n) is 17.4. The summed E-state index contributed by atoms with van der Waals surface area (Å²) in [6.07, 6.45) is 1.01. The predicted molar refractivity (Wildman–Crippen MR) is 113 cm³/mol. The van der Waals surface area contributed by atoms with Crippen LogP contribution in [0.4, 0.5) is 0 Å². The molecule has 8 nitrogen and oxygen atoms in total. The third-order valence-electron chi connectivity index (χ3n) is 5.75. The minimum absolute atomic E-state index is 0.0617. The SMILES string of the molecule is CC(C)=CCOC(=O)[C@]12OC(O)C[C@H]1CS[C@@H]1[C@H](NC(=O)Cc3ccccc3)C(=O)N12. The molecule has 2 N–H and O–H groups in total. The molecule has 0 aliphatic carbocycles. The molecule has 0 aromatic heterocycles. The number of aliphatic hydroxyl groups excluding tert-OH is 1. The van der Waals surface area contributed by atoms with Crippen molar-refractivity contribution in [3.63, 3.8) is 0 Å². The van der Waals surface area contributed by atoms with Gasteiger partial charge in [0.2, 0.25) is 11.6 Å². The molecule has 166 valence electrons. The Morgan fingerprint density at radius 1 is 1.35 bits per heavy atom. The van der Waals surface area contributed by atoms with Crippen molar-refractivity contribution in [3.8, 4) is 0 Å². The average Bonchev–Trinajstić information content (AvgIpc) is 3.07. The number of β-lactam (4-membered cyclic amide) rings is 1. The number of fused-ring (bicyclic) bond motifs is 3. The highest BCUT2D eigenvalue weighted by Gasteiger charge is 2.70. The highest BCUT2D eigenvalue weighted by Crippen LogP contribution is 2.52. The van der Waals surface area contributed by atoms with E-state index >= 15 is 0 Å². The fourth-order valence-electron chi connectivity index (χ4n) is 4.23. The number of allylic oxidation sites excluding steroid dienone is 1. The smallest absolute Gasteiger partial charge is 0.360 e. The van der Waals surface area contributed by atoms with E-state index in [1.165, 1.54) is 16.7 Å². The quantitative estimate of drug-likeness (QED) is 0.384. The van der Waals surface area contributed by atoms with E-state index in [1.54, 1.807) is 6.08 Å². The molecule has 0 spiro atoms. The molecular weight excluding hydrogens is 420 g/mol. The molecule has 2 amide bonds. The van der Waals surface area contributed by atoms with E-state index in [1.807, 2.05) is 44.2 Å². The molecule has 3 saturated heterocycles. The van der Waals surface area contributed by atoms with Gasteiger partial charge in [0.15, 0.2) is 6.29 Å². The topological polar surface area (TPSA) is 105 Å². The van der Waals surface area contributed by atoms with Gasteiger partial charge in [-0.3, -0.25) is 14.5 Å². The van der Waals surface area contributed by atoms with Crippen LogP contribution < -0.4 is 5.32 Å². The van der Waals surface area contributed by atoms with Crippen molar-refractivity contribution in [1.29, 1.82) is 0 Å². The van der Waals surface area contributed by atoms with Gasteiger partial charge in [-0.2, -0.15) is 0 Å². The summed E-state index contributed by atoms with van der Waals surface area (Å²) in [6.45, 7) is 3.84. The summed E-state index contributed by atoms with van der Waals surface area (Å²) < 4.78 is 11.1. The molecule has 9 heteroatoms. The maximum atomic E-state index is 13.1. The largest absolute Gasteiger partial charge is 0.458 e. The number of hydrogen-bond donors (Lipinski definition) is 2. The molecule has 1 aromatic rings. The Morgan fingerprint density at radius 3 is 2.81 bits per heavy atom. The number of carbonyl (C=O) groups is 3. The summed E-state index contributed by atoms with van der Waals surface area (Å²) in [7, 11) is 0. The van der Waals surface area contributed by atoms with E-state index in [4.69, 9.17) is 9.47 Å². The minimum atomic E-state index is -1.65. The van der Waals surface area contributed by atoms with Crippen LogP contribution in [-0.2, 0) is 30.3 Å². The molecule has 0 bridgehead atoms. The first kappa shape index (κ1) is 21.9. The van der Waals surface area contributed by atoms with Crippen molar-refractivity contribution in [3.05, 3.63) is 47.5 Å². The Kier molecular flexibility index (Phi) is 6.09.